The average Bonchev–Trinajstić information content (AvgIpc) is 3.17. The molecule has 5 nitrogen and oxygen atoms in total. The Morgan fingerprint density at radius 3 is 2.48 bits per heavy atom. The Morgan fingerprint density at radius 2 is 1.74 bits per heavy atom. The highest BCUT2D eigenvalue weighted by atomic mass is 32.1. The third-order valence-corrected chi connectivity index (χ3v) is 5.24. The van der Waals surface area contributed by atoms with Crippen LogP contribution in [-0.4, -0.2) is 27.8 Å². The van der Waals surface area contributed by atoms with Crippen LogP contribution in [0.3, 0.4) is 0 Å². The lowest BCUT2D eigenvalue weighted by Gasteiger charge is -2.17. The van der Waals surface area contributed by atoms with E-state index in [1.54, 1.807) is 11.9 Å². The minimum Gasteiger partial charge on any atom is -0.334 e. The first kappa shape index (κ1) is 17.2. The third kappa shape index (κ3) is 3.52. The summed E-state index contributed by atoms with van der Waals surface area (Å²) >= 11 is 1.36. The second kappa shape index (κ2) is 7.17. The summed E-state index contributed by atoms with van der Waals surface area (Å²) in [6.07, 6.45) is 0. The van der Waals surface area contributed by atoms with Crippen LogP contribution in [0.5, 0.6) is 0 Å². The zero-order valence-corrected chi connectivity index (χ0v) is 15.5. The monoisotopic (exact) mass is 375 g/mol. The van der Waals surface area contributed by atoms with Gasteiger partial charge in [-0.25, -0.2) is 4.98 Å². The number of benzene rings is 2. The van der Waals surface area contributed by atoms with E-state index in [-0.39, 0.29) is 18.0 Å². The molecule has 0 fully saturated rings. The molecule has 2 aromatic carbocycles. The fourth-order valence-electron chi connectivity index (χ4n) is 2.95. The third-order valence-electron chi connectivity index (χ3n) is 4.34. The number of amides is 1. The Kier molecular flexibility index (Phi) is 4.56. The summed E-state index contributed by atoms with van der Waals surface area (Å²) in [6.45, 7) is 0.236. The molecule has 1 amide bonds. The maximum Gasteiger partial charge on any atom is 0.268 e. The summed E-state index contributed by atoms with van der Waals surface area (Å²) in [6, 6.07) is 19.3. The van der Waals surface area contributed by atoms with E-state index in [1.807, 2.05) is 66.0 Å². The number of carbonyl (C=O) groups is 1. The Bertz CT molecular complexity index is 1150. The summed E-state index contributed by atoms with van der Waals surface area (Å²) in [7, 11) is 1.70. The van der Waals surface area contributed by atoms with Gasteiger partial charge in [-0.05, 0) is 34.7 Å². The number of hydrogen-bond donors (Lipinski definition) is 1. The van der Waals surface area contributed by atoms with Gasteiger partial charge < -0.3 is 9.88 Å². The van der Waals surface area contributed by atoms with Crippen molar-refractivity contribution in [3.63, 3.8) is 0 Å². The second-order valence-electron chi connectivity index (χ2n) is 6.25. The van der Waals surface area contributed by atoms with Crippen molar-refractivity contribution in [3.8, 4) is 11.1 Å². The van der Waals surface area contributed by atoms with Crippen LogP contribution in [-0.2, 0) is 6.54 Å². The van der Waals surface area contributed by atoms with E-state index in [0.29, 0.717) is 21.6 Å². The van der Waals surface area contributed by atoms with Gasteiger partial charge in [0.05, 0.1) is 12.1 Å². The van der Waals surface area contributed by atoms with Crippen molar-refractivity contribution in [1.29, 1.82) is 0 Å². The van der Waals surface area contributed by atoms with E-state index in [9.17, 15) is 9.59 Å². The molecule has 0 spiro atoms. The number of aromatic amines is 1. The van der Waals surface area contributed by atoms with Gasteiger partial charge in [0.1, 0.15) is 10.5 Å². The van der Waals surface area contributed by atoms with E-state index in [4.69, 9.17) is 0 Å². The predicted molar refractivity (Wildman–Crippen MR) is 108 cm³/mol. The van der Waals surface area contributed by atoms with Gasteiger partial charge in [-0.3, -0.25) is 9.59 Å². The topological polar surface area (TPSA) is 66.1 Å². The molecule has 0 saturated heterocycles. The van der Waals surface area contributed by atoms with Crippen LogP contribution >= 0.6 is 11.3 Å². The summed E-state index contributed by atoms with van der Waals surface area (Å²) in [5.74, 6) is 0.352. The first-order chi connectivity index (χ1) is 13.1. The van der Waals surface area contributed by atoms with Crippen molar-refractivity contribution < 1.29 is 4.79 Å². The quantitative estimate of drug-likeness (QED) is 0.588. The first-order valence-corrected chi connectivity index (χ1v) is 9.37. The lowest BCUT2D eigenvalue weighted by atomic mass is 10.0. The number of nitrogens with zero attached hydrogens (tertiary/aromatic N) is 2. The molecule has 6 heteroatoms. The molecule has 0 aliphatic heterocycles. The number of aromatic nitrogens is 2. The minimum absolute atomic E-state index is 0.123. The maximum absolute atomic E-state index is 12.7. The molecule has 0 unspecified atom stereocenters. The largest absolute Gasteiger partial charge is 0.334 e. The summed E-state index contributed by atoms with van der Waals surface area (Å²) < 4.78 is 0.601. The molecule has 0 aliphatic carbocycles. The average molecular weight is 375 g/mol. The molecule has 0 radical (unpaired) electrons. The maximum atomic E-state index is 12.7. The van der Waals surface area contributed by atoms with Crippen molar-refractivity contribution in [2.45, 2.75) is 6.54 Å². The van der Waals surface area contributed by atoms with Gasteiger partial charge in [0.25, 0.3) is 11.5 Å². The van der Waals surface area contributed by atoms with Gasteiger partial charge in [-0.1, -0.05) is 42.5 Å². The molecule has 0 saturated carbocycles. The van der Waals surface area contributed by atoms with Crippen LogP contribution in [0.15, 0.2) is 70.8 Å². The Balaban J connectivity index is 1.52. The molecule has 2 heterocycles. The zero-order valence-electron chi connectivity index (χ0n) is 14.7. The van der Waals surface area contributed by atoms with E-state index >= 15 is 0 Å². The summed E-state index contributed by atoms with van der Waals surface area (Å²) in [4.78, 5) is 33.5. The normalized spacial score (nSPS) is 10.9. The standard InChI is InChI=1S/C21H17N3O2S/c1-24(13-18-22-17-11-12-27-19(17)20(25)23-18)21(26)16-9-7-15(8-10-16)14-5-3-2-4-6-14/h2-12H,13H2,1H3,(H,22,23,25). The molecule has 0 aliphatic rings. The Morgan fingerprint density at radius 1 is 1.04 bits per heavy atom. The predicted octanol–water partition coefficient (Wildman–Crippen LogP) is 3.92. The number of thiophene rings is 1. The van der Waals surface area contributed by atoms with Crippen molar-refractivity contribution in [1.82, 2.24) is 14.9 Å². The van der Waals surface area contributed by atoms with E-state index < -0.39 is 0 Å². The lowest BCUT2D eigenvalue weighted by molar-refractivity contribution is 0.0781. The van der Waals surface area contributed by atoms with Gasteiger partial charge >= 0.3 is 0 Å². The number of rotatable bonds is 4. The second-order valence-corrected chi connectivity index (χ2v) is 7.17. The number of carbonyl (C=O) groups excluding carboxylic acids is 1. The van der Waals surface area contributed by atoms with Crippen molar-refractivity contribution >= 4 is 27.5 Å². The molecule has 4 rings (SSSR count). The Labute approximate surface area is 159 Å². The zero-order chi connectivity index (χ0) is 18.8. The van der Waals surface area contributed by atoms with Crippen molar-refractivity contribution in [2.75, 3.05) is 7.05 Å². The highest BCUT2D eigenvalue weighted by Gasteiger charge is 2.14. The number of hydrogen-bond acceptors (Lipinski definition) is 4. The molecule has 134 valence electrons. The molecule has 27 heavy (non-hydrogen) atoms. The van der Waals surface area contributed by atoms with E-state index in [1.165, 1.54) is 11.3 Å². The van der Waals surface area contributed by atoms with Crippen LogP contribution in [0.4, 0.5) is 0 Å². The van der Waals surface area contributed by atoms with Gasteiger partial charge in [0, 0.05) is 12.6 Å². The van der Waals surface area contributed by atoms with Crippen molar-refractivity contribution in [3.05, 3.63) is 87.8 Å². The number of fused-ring (bicyclic) bond motifs is 1. The van der Waals surface area contributed by atoms with E-state index in [2.05, 4.69) is 9.97 Å². The molecule has 4 aromatic rings. The highest BCUT2D eigenvalue weighted by molar-refractivity contribution is 7.17. The molecule has 2 aromatic heterocycles. The summed E-state index contributed by atoms with van der Waals surface area (Å²) in [5.41, 5.74) is 3.25. The van der Waals surface area contributed by atoms with Crippen LogP contribution in [0.1, 0.15) is 16.2 Å². The molecular formula is C21H17N3O2S. The smallest absolute Gasteiger partial charge is 0.268 e. The SMILES string of the molecule is CN(Cc1nc2ccsc2c(=O)[nH]1)C(=O)c1ccc(-c2ccccc2)cc1. The summed E-state index contributed by atoms with van der Waals surface area (Å²) in [5, 5.41) is 1.83. The molecule has 0 bridgehead atoms. The van der Waals surface area contributed by atoms with Crippen LogP contribution in [0.25, 0.3) is 21.3 Å². The van der Waals surface area contributed by atoms with Gasteiger partial charge in [0.15, 0.2) is 0 Å². The Hall–Kier alpha value is -3.25. The fraction of sp³-hybridized carbons (Fsp3) is 0.0952. The minimum atomic E-state index is -0.168. The van der Waals surface area contributed by atoms with Gasteiger partial charge in [-0.15, -0.1) is 11.3 Å². The van der Waals surface area contributed by atoms with Crippen LogP contribution < -0.4 is 5.56 Å². The van der Waals surface area contributed by atoms with Crippen LogP contribution in [0, 0.1) is 0 Å². The van der Waals surface area contributed by atoms with E-state index in [0.717, 1.165) is 11.1 Å². The molecule has 0 atom stereocenters. The lowest BCUT2D eigenvalue weighted by Crippen LogP contribution is -2.28. The molecule has 1 N–H and O–H groups in total. The highest BCUT2D eigenvalue weighted by Crippen LogP contribution is 2.20. The number of nitrogens with one attached hydrogen (secondary N) is 1. The number of H-pyrrole nitrogens is 1. The first-order valence-electron chi connectivity index (χ1n) is 8.49. The van der Waals surface area contributed by atoms with Gasteiger partial charge in [0.2, 0.25) is 0 Å². The van der Waals surface area contributed by atoms with Crippen LogP contribution in [0.2, 0.25) is 0 Å². The fourth-order valence-corrected chi connectivity index (χ4v) is 3.67. The molecular weight excluding hydrogens is 358 g/mol. The van der Waals surface area contributed by atoms with Crippen molar-refractivity contribution in [2.24, 2.45) is 0 Å². The van der Waals surface area contributed by atoms with Gasteiger partial charge in [-0.2, -0.15) is 0 Å².